The van der Waals surface area contributed by atoms with Crippen molar-refractivity contribution in [2.75, 3.05) is 0 Å². The van der Waals surface area contributed by atoms with E-state index in [9.17, 15) is 0 Å². The summed E-state index contributed by atoms with van der Waals surface area (Å²) in [6, 6.07) is 60.4. The van der Waals surface area contributed by atoms with Crippen LogP contribution in [0.15, 0.2) is 168 Å². The van der Waals surface area contributed by atoms with Gasteiger partial charge in [0.25, 0.3) is 0 Å². The Kier molecular flexibility index (Phi) is 7.01. The van der Waals surface area contributed by atoms with E-state index in [1.165, 1.54) is 119 Å². The summed E-state index contributed by atoms with van der Waals surface area (Å²) in [7, 11) is 0. The maximum Gasteiger partial charge on any atom is 0.136 e. The fourth-order valence-electron chi connectivity index (χ4n) is 9.90. The molecule has 1 fully saturated rings. The second kappa shape index (κ2) is 12.2. The van der Waals surface area contributed by atoms with Crippen molar-refractivity contribution in [3.63, 3.8) is 0 Å². The van der Waals surface area contributed by atoms with E-state index in [4.69, 9.17) is 4.42 Å². The molecule has 0 amide bonds. The summed E-state index contributed by atoms with van der Waals surface area (Å²) in [5.41, 5.74) is 10.9. The van der Waals surface area contributed by atoms with Crippen molar-refractivity contribution < 1.29 is 4.42 Å². The summed E-state index contributed by atoms with van der Waals surface area (Å²) < 4.78 is 6.84. The van der Waals surface area contributed by atoms with Crippen molar-refractivity contribution in [3.8, 4) is 33.4 Å². The van der Waals surface area contributed by atoms with Crippen LogP contribution in [0.2, 0.25) is 0 Å². The molecule has 0 spiro atoms. The van der Waals surface area contributed by atoms with Crippen LogP contribution < -0.4 is 0 Å². The average Bonchev–Trinajstić information content (AvgIpc) is 3.62. The first kappa shape index (κ1) is 30.4. The van der Waals surface area contributed by atoms with Crippen LogP contribution in [0.3, 0.4) is 0 Å². The molecule has 0 saturated heterocycles. The van der Waals surface area contributed by atoms with E-state index in [-0.39, 0.29) is 0 Å². The maximum atomic E-state index is 6.84. The Labute approximate surface area is 309 Å². The highest BCUT2D eigenvalue weighted by Gasteiger charge is 2.26. The Morgan fingerprint density at radius 3 is 1.21 bits per heavy atom. The number of fused-ring (bicyclic) bond motifs is 7. The second-order valence-electron chi connectivity index (χ2n) is 14.9. The molecular weight excluding hydrogens is 641 g/mol. The number of hydrogen-bond donors (Lipinski definition) is 0. The molecule has 53 heavy (non-hydrogen) atoms. The molecule has 1 aromatic heterocycles. The van der Waals surface area contributed by atoms with Gasteiger partial charge in [-0.15, -0.1) is 0 Å². The van der Waals surface area contributed by atoms with Gasteiger partial charge in [-0.2, -0.15) is 0 Å². The molecule has 0 unspecified atom stereocenters. The molecule has 1 nitrogen and oxygen atoms in total. The van der Waals surface area contributed by atoms with Crippen molar-refractivity contribution in [1.82, 2.24) is 0 Å². The van der Waals surface area contributed by atoms with Crippen molar-refractivity contribution in [3.05, 3.63) is 169 Å². The Balaban J connectivity index is 1.27. The number of hydrogen-bond acceptors (Lipinski definition) is 1. The first-order valence-electron chi connectivity index (χ1n) is 19.2. The zero-order valence-electron chi connectivity index (χ0n) is 29.6. The highest BCUT2D eigenvalue weighted by atomic mass is 16.3. The molecular formula is C52H38O. The molecule has 11 rings (SSSR count). The van der Waals surface area contributed by atoms with Gasteiger partial charge in [-0.3, -0.25) is 0 Å². The molecule has 9 aromatic carbocycles. The van der Waals surface area contributed by atoms with Gasteiger partial charge in [-0.05, 0) is 113 Å². The van der Waals surface area contributed by atoms with Crippen LogP contribution in [-0.2, 0) is 0 Å². The molecule has 252 valence electrons. The summed E-state index contributed by atoms with van der Waals surface area (Å²) in [4.78, 5) is 0. The molecule has 1 heterocycles. The standard InChI is InChI=1S/C52H38O/c1-3-17-33(18-4-1)47-35-21-7-11-25-39(35)49(40-26-12-8-22-36(40)47)43-29-15-31-45-51(43)52-44(30-16-32-46(52)53-45)50-41-27-13-9-23-37(41)48(34-19-5-2-6-20-34)38-24-10-14-28-42(38)50/h1,3-4,7-18,21-32,34H,2,5-6,19-20H2. The van der Waals surface area contributed by atoms with Gasteiger partial charge < -0.3 is 4.42 Å². The second-order valence-corrected chi connectivity index (χ2v) is 14.9. The van der Waals surface area contributed by atoms with Crippen LogP contribution >= 0.6 is 0 Å². The predicted octanol–water partition coefficient (Wildman–Crippen LogP) is 15.2. The van der Waals surface area contributed by atoms with Crippen LogP contribution in [0, 0.1) is 0 Å². The molecule has 10 aromatic rings. The molecule has 0 bridgehead atoms. The third kappa shape index (κ3) is 4.63. The van der Waals surface area contributed by atoms with Gasteiger partial charge in [0.15, 0.2) is 0 Å². The van der Waals surface area contributed by atoms with Crippen molar-refractivity contribution in [1.29, 1.82) is 0 Å². The monoisotopic (exact) mass is 678 g/mol. The van der Waals surface area contributed by atoms with Crippen molar-refractivity contribution >= 4 is 65.0 Å². The van der Waals surface area contributed by atoms with Crippen LogP contribution in [-0.4, -0.2) is 0 Å². The minimum atomic E-state index is 0.588. The first-order chi connectivity index (χ1) is 26.3. The van der Waals surface area contributed by atoms with E-state index in [0.717, 1.165) is 11.2 Å². The van der Waals surface area contributed by atoms with E-state index in [0.29, 0.717) is 5.92 Å². The lowest BCUT2D eigenvalue weighted by atomic mass is 9.77. The fourth-order valence-corrected chi connectivity index (χ4v) is 9.90. The third-order valence-corrected chi connectivity index (χ3v) is 12.0. The molecule has 1 saturated carbocycles. The molecule has 0 aliphatic heterocycles. The zero-order chi connectivity index (χ0) is 34.9. The van der Waals surface area contributed by atoms with Crippen molar-refractivity contribution in [2.45, 2.75) is 38.0 Å². The topological polar surface area (TPSA) is 13.1 Å². The Hall–Kier alpha value is -6.18. The van der Waals surface area contributed by atoms with Crippen LogP contribution in [0.5, 0.6) is 0 Å². The summed E-state index contributed by atoms with van der Waals surface area (Å²) in [5, 5.41) is 12.8. The fraction of sp³-hybridized carbons (Fsp3) is 0.115. The largest absolute Gasteiger partial charge is 0.456 e. The quantitative estimate of drug-likeness (QED) is 0.169. The summed E-state index contributed by atoms with van der Waals surface area (Å²) in [6.07, 6.45) is 6.51. The van der Waals surface area contributed by atoms with Crippen molar-refractivity contribution in [2.24, 2.45) is 0 Å². The molecule has 0 atom stereocenters. The van der Waals surface area contributed by atoms with Gasteiger partial charge in [0.2, 0.25) is 0 Å². The lowest BCUT2D eigenvalue weighted by Crippen LogP contribution is -2.06. The predicted molar refractivity (Wildman–Crippen MR) is 226 cm³/mol. The molecule has 0 N–H and O–H groups in total. The van der Waals surface area contributed by atoms with Gasteiger partial charge >= 0.3 is 0 Å². The third-order valence-electron chi connectivity index (χ3n) is 12.0. The number of rotatable bonds is 4. The van der Waals surface area contributed by atoms with E-state index < -0.39 is 0 Å². The van der Waals surface area contributed by atoms with E-state index in [1.54, 1.807) is 5.56 Å². The SMILES string of the molecule is c1ccc(-c2c3ccccc3c(-c3cccc4oc5cccc(-c6c7ccccc7c(C7CCCCC7)c7ccccc67)c5c34)c3ccccc23)cc1. The highest BCUT2D eigenvalue weighted by molar-refractivity contribution is 6.28. The lowest BCUT2D eigenvalue weighted by Gasteiger charge is -2.26. The van der Waals surface area contributed by atoms with Gasteiger partial charge in [0, 0.05) is 10.8 Å². The minimum absolute atomic E-state index is 0.588. The molecule has 1 heteroatoms. The first-order valence-corrected chi connectivity index (χ1v) is 19.2. The minimum Gasteiger partial charge on any atom is -0.456 e. The summed E-state index contributed by atoms with van der Waals surface area (Å²) >= 11 is 0. The van der Waals surface area contributed by atoms with Gasteiger partial charge in [0.1, 0.15) is 11.2 Å². The van der Waals surface area contributed by atoms with Crippen LogP contribution in [0.4, 0.5) is 0 Å². The maximum absolute atomic E-state index is 6.84. The Morgan fingerprint density at radius 2 is 0.736 bits per heavy atom. The smallest absolute Gasteiger partial charge is 0.136 e. The normalized spacial score (nSPS) is 14.0. The number of furan rings is 1. The van der Waals surface area contributed by atoms with Gasteiger partial charge in [-0.1, -0.05) is 171 Å². The summed E-state index contributed by atoms with van der Waals surface area (Å²) in [6.45, 7) is 0. The molecule has 0 radical (unpaired) electrons. The van der Waals surface area contributed by atoms with Crippen LogP contribution in [0.1, 0.15) is 43.6 Å². The Bertz CT molecular complexity index is 2920. The van der Waals surface area contributed by atoms with E-state index in [1.807, 2.05) is 0 Å². The highest BCUT2D eigenvalue weighted by Crippen LogP contribution is 2.51. The van der Waals surface area contributed by atoms with E-state index in [2.05, 4.69) is 164 Å². The summed E-state index contributed by atoms with van der Waals surface area (Å²) in [5.74, 6) is 0.588. The van der Waals surface area contributed by atoms with Gasteiger partial charge in [0.05, 0.1) is 0 Å². The lowest BCUT2D eigenvalue weighted by molar-refractivity contribution is 0.447. The molecule has 1 aliphatic carbocycles. The van der Waals surface area contributed by atoms with E-state index >= 15 is 0 Å². The number of benzene rings is 9. The zero-order valence-corrected chi connectivity index (χ0v) is 29.6. The average molecular weight is 679 g/mol. The van der Waals surface area contributed by atoms with Gasteiger partial charge in [-0.25, -0.2) is 0 Å². The Morgan fingerprint density at radius 1 is 0.340 bits per heavy atom. The molecule has 1 aliphatic rings. The van der Waals surface area contributed by atoms with Crippen LogP contribution in [0.25, 0.3) is 98.4 Å².